The second kappa shape index (κ2) is 9.46. The second-order valence-electron chi connectivity index (χ2n) is 7.96. The molecule has 0 spiro atoms. The van der Waals surface area contributed by atoms with Crippen molar-refractivity contribution >= 4 is 21.6 Å². The van der Waals surface area contributed by atoms with Crippen LogP contribution in [0.2, 0.25) is 0 Å². The SMILES string of the molecule is CCOc1ccc(C(=O)N2CCN(c3ccc(F)cc3)CC2)cc1S(=O)(=O)N1CCCC1. The Morgan fingerprint density at radius 2 is 1.62 bits per heavy atom. The topological polar surface area (TPSA) is 70.2 Å². The third kappa shape index (κ3) is 4.59. The van der Waals surface area contributed by atoms with Crippen molar-refractivity contribution in [1.82, 2.24) is 9.21 Å². The van der Waals surface area contributed by atoms with E-state index in [1.54, 1.807) is 36.1 Å². The lowest BCUT2D eigenvalue weighted by atomic mass is 10.1. The van der Waals surface area contributed by atoms with E-state index in [4.69, 9.17) is 4.74 Å². The Morgan fingerprint density at radius 3 is 2.25 bits per heavy atom. The number of anilines is 1. The second-order valence-corrected chi connectivity index (χ2v) is 9.87. The maximum atomic E-state index is 13.2. The van der Waals surface area contributed by atoms with Crippen LogP contribution < -0.4 is 9.64 Å². The van der Waals surface area contributed by atoms with Crippen molar-refractivity contribution in [2.45, 2.75) is 24.7 Å². The van der Waals surface area contributed by atoms with E-state index in [-0.39, 0.29) is 22.4 Å². The summed E-state index contributed by atoms with van der Waals surface area (Å²) in [6.07, 6.45) is 1.67. The molecule has 0 atom stereocenters. The van der Waals surface area contributed by atoms with E-state index in [1.807, 2.05) is 0 Å². The van der Waals surface area contributed by atoms with Gasteiger partial charge in [-0.2, -0.15) is 4.31 Å². The van der Waals surface area contributed by atoms with Crippen LogP contribution in [0.5, 0.6) is 5.75 Å². The molecule has 2 fully saturated rings. The van der Waals surface area contributed by atoms with E-state index in [0.717, 1.165) is 18.5 Å². The number of piperazine rings is 1. The number of benzene rings is 2. The van der Waals surface area contributed by atoms with Gasteiger partial charge in [-0.15, -0.1) is 0 Å². The molecule has 1 amide bonds. The van der Waals surface area contributed by atoms with Crippen LogP contribution in [0.25, 0.3) is 0 Å². The molecule has 0 bridgehead atoms. The van der Waals surface area contributed by atoms with Crippen molar-refractivity contribution in [2.24, 2.45) is 0 Å². The highest BCUT2D eigenvalue weighted by molar-refractivity contribution is 7.89. The Balaban J connectivity index is 1.52. The number of hydrogen-bond donors (Lipinski definition) is 0. The first-order chi connectivity index (χ1) is 15.4. The van der Waals surface area contributed by atoms with Gasteiger partial charge in [-0.3, -0.25) is 4.79 Å². The summed E-state index contributed by atoms with van der Waals surface area (Å²) < 4.78 is 46.6. The summed E-state index contributed by atoms with van der Waals surface area (Å²) in [5, 5.41) is 0. The average molecular weight is 462 g/mol. The minimum atomic E-state index is -3.73. The molecular weight excluding hydrogens is 433 g/mol. The Morgan fingerprint density at radius 1 is 0.969 bits per heavy atom. The predicted molar refractivity (Wildman–Crippen MR) is 120 cm³/mol. The fourth-order valence-electron chi connectivity index (χ4n) is 4.19. The molecule has 2 aromatic carbocycles. The Hall–Kier alpha value is -2.65. The molecule has 0 aromatic heterocycles. The average Bonchev–Trinajstić information content (AvgIpc) is 3.36. The van der Waals surface area contributed by atoms with E-state index < -0.39 is 10.0 Å². The maximum Gasteiger partial charge on any atom is 0.254 e. The molecule has 9 heteroatoms. The number of carbonyl (C=O) groups is 1. The van der Waals surface area contributed by atoms with Crippen LogP contribution in [0.4, 0.5) is 10.1 Å². The van der Waals surface area contributed by atoms with Crippen LogP contribution in [-0.2, 0) is 10.0 Å². The van der Waals surface area contributed by atoms with Gasteiger partial charge < -0.3 is 14.5 Å². The van der Waals surface area contributed by atoms with Gasteiger partial charge in [0.1, 0.15) is 16.5 Å². The third-order valence-electron chi connectivity index (χ3n) is 5.93. The quantitative estimate of drug-likeness (QED) is 0.662. The van der Waals surface area contributed by atoms with Crippen LogP contribution in [0, 0.1) is 5.82 Å². The molecule has 0 saturated carbocycles. The lowest BCUT2D eigenvalue weighted by Gasteiger charge is -2.36. The largest absolute Gasteiger partial charge is 0.492 e. The van der Waals surface area contributed by atoms with Gasteiger partial charge in [0, 0.05) is 50.5 Å². The lowest BCUT2D eigenvalue weighted by molar-refractivity contribution is 0.0746. The maximum absolute atomic E-state index is 13.2. The molecule has 32 heavy (non-hydrogen) atoms. The molecule has 0 N–H and O–H groups in total. The molecule has 0 radical (unpaired) electrons. The summed E-state index contributed by atoms with van der Waals surface area (Å²) in [7, 11) is -3.73. The van der Waals surface area contributed by atoms with Crippen molar-refractivity contribution in [1.29, 1.82) is 0 Å². The number of rotatable bonds is 6. The Kier molecular flexibility index (Phi) is 6.66. The normalized spacial score (nSPS) is 17.6. The van der Waals surface area contributed by atoms with Gasteiger partial charge in [0.25, 0.3) is 5.91 Å². The van der Waals surface area contributed by atoms with Gasteiger partial charge in [-0.1, -0.05) is 0 Å². The number of carbonyl (C=O) groups excluding carboxylic acids is 1. The van der Waals surface area contributed by atoms with Gasteiger partial charge >= 0.3 is 0 Å². The number of halogens is 1. The van der Waals surface area contributed by atoms with Gasteiger partial charge in [0.05, 0.1) is 6.61 Å². The summed E-state index contributed by atoms with van der Waals surface area (Å²) in [5.74, 6) is -0.209. The molecule has 0 aliphatic carbocycles. The summed E-state index contributed by atoms with van der Waals surface area (Å²) in [4.78, 5) is 17.0. The van der Waals surface area contributed by atoms with E-state index in [9.17, 15) is 17.6 Å². The standard InChI is InChI=1S/C23H28FN3O4S/c1-2-31-21-10-5-18(17-22(21)32(29,30)27-11-3-4-12-27)23(28)26-15-13-25(14-16-26)20-8-6-19(24)7-9-20/h5-10,17H,2-4,11-16H2,1H3. The van der Waals surface area contributed by atoms with Gasteiger partial charge in [-0.25, -0.2) is 12.8 Å². The number of nitrogens with zero attached hydrogens (tertiary/aromatic N) is 3. The van der Waals surface area contributed by atoms with Crippen molar-refractivity contribution in [3.8, 4) is 5.75 Å². The minimum absolute atomic E-state index is 0.0528. The fourth-order valence-corrected chi connectivity index (χ4v) is 5.86. The highest BCUT2D eigenvalue weighted by Crippen LogP contribution is 2.30. The van der Waals surface area contributed by atoms with Gasteiger partial charge in [0.15, 0.2) is 0 Å². The molecule has 2 aromatic rings. The zero-order valence-electron chi connectivity index (χ0n) is 18.2. The van der Waals surface area contributed by atoms with Crippen LogP contribution in [0.3, 0.4) is 0 Å². The minimum Gasteiger partial charge on any atom is -0.492 e. The molecule has 7 nitrogen and oxygen atoms in total. The number of sulfonamides is 1. The van der Waals surface area contributed by atoms with Crippen LogP contribution >= 0.6 is 0 Å². The van der Waals surface area contributed by atoms with Gasteiger partial charge in [0.2, 0.25) is 10.0 Å². The molecule has 2 aliphatic rings. The number of hydrogen-bond acceptors (Lipinski definition) is 5. The predicted octanol–water partition coefficient (Wildman–Crippen LogP) is 2.97. The summed E-state index contributed by atoms with van der Waals surface area (Å²) in [6, 6.07) is 11.0. The van der Waals surface area contributed by atoms with Crippen LogP contribution in [-0.4, -0.2) is 69.4 Å². The van der Waals surface area contributed by atoms with Crippen molar-refractivity contribution < 1.29 is 22.3 Å². The molecular formula is C23H28FN3O4S. The summed E-state index contributed by atoms with van der Waals surface area (Å²) >= 11 is 0. The lowest BCUT2D eigenvalue weighted by Crippen LogP contribution is -2.48. The first-order valence-electron chi connectivity index (χ1n) is 11.0. The van der Waals surface area contributed by atoms with E-state index in [2.05, 4.69) is 4.90 Å². The Labute approximate surface area is 188 Å². The molecule has 2 saturated heterocycles. The molecule has 2 heterocycles. The molecule has 172 valence electrons. The number of ether oxygens (including phenoxy) is 1. The van der Waals surface area contributed by atoms with Gasteiger partial charge in [-0.05, 0) is 62.2 Å². The smallest absolute Gasteiger partial charge is 0.254 e. The molecule has 2 aliphatic heterocycles. The number of amides is 1. The van der Waals surface area contributed by atoms with E-state index >= 15 is 0 Å². The first kappa shape index (κ1) is 22.5. The highest BCUT2D eigenvalue weighted by atomic mass is 32.2. The van der Waals surface area contributed by atoms with E-state index in [0.29, 0.717) is 51.4 Å². The zero-order chi connectivity index (χ0) is 22.7. The van der Waals surface area contributed by atoms with Crippen molar-refractivity contribution in [3.63, 3.8) is 0 Å². The highest BCUT2D eigenvalue weighted by Gasteiger charge is 2.31. The first-order valence-corrected chi connectivity index (χ1v) is 12.4. The zero-order valence-corrected chi connectivity index (χ0v) is 19.0. The Bertz CT molecular complexity index is 1060. The van der Waals surface area contributed by atoms with Crippen LogP contribution in [0.15, 0.2) is 47.4 Å². The molecule has 4 rings (SSSR count). The fraction of sp³-hybridized carbons (Fsp3) is 0.435. The monoisotopic (exact) mass is 461 g/mol. The summed E-state index contributed by atoms with van der Waals surface area (Å²) in [6.45, 7) is 5.33. The van der Waals surface area contributed by atoms with Crippen molar-refractivity contribution in [2.75, 3.05) is 50.8 Å². The van der Waals surface area contributed by atoms with Crippen molar-refractivity contribution in [3.05, 3.63) is 53.8 Å². The van der Waals surface area contributed by atoms with E-state index in [1.165, 1.54) is 22.5 Å². The van der Waals surface area contributed by atoms with Crippen LogP contribution in [0.1, 0.15) is 30.1 Å². The third-order valence-corrected chi connectivity index (χ3v) is 7.85. The molecule has 0 unspecified atom stereocenters. The summed E-state index contributed by atoms with van der Waals surface area (Å²) in [5.41, 5.74) is 1.25.